The molecule has 0 radical (unpaired) electrons. The minimum absolute atomic E-state index is 0.393. The summed E-state index contributed by atoms with van der Waals surface area (Å²) in [6.45, 7) is 7.10. The number of hydrogen-bond donors (Lipinski definition) is 1. The van der Waals surface area contributed by atoms with E-state index in [1.807, 2.05) is 28.7 Å². The van der Waals surface area contributed by atoms with Crippen LogP contribution in [0, 0.1) is 0 Å². The largest absolute Gasteiger partial charge is 0.363 e. The van der Waals surface area contributed by atoms with Crippen molar-refractivity contribution in [2.24, 2.45) is 7.05 Å². The molecule has 0 saturated heterocycles. The van der Waals surface area contributed by atoms with E-state index < -0.39 is 0 Å². The average Bonchev–Trinajstić information content (AvgIpc) is 2.93. The molecule has 0 bridgehead atoms. The smallest absolute Gasteiger partial charge is 0.148 e. The maximum absolute atomic E-state index is 4.46. The van der Waals surface area contributed by atoms with Crippen LogP contribution in [0.25, 0.3) is 0 Å². The minimum atomic E-state index is 0.393. The van der Waals surface area contributed by atoms with E-state index in [0.717, 1.165) is 24.5 Å². The molecule has 0 aromatic carbocycles. The molecule has 2 aromatic rings. The van der Waals surface area contributed by atoms with Crippen LogP contribution in [0.4, 0.5) is 5.82 Å². The van der Waals surface area contributed by atoms with E-state index in [-0.39, 0.29) is 0 Å². The molecule has 0 aliphatic rings. The molecule has 2 rings (SSSR count). The highest BCUT2D eigenvalue weighted by molar-refractivity contribution is 5.33. The van der Waals surface area contributed by atoms with Crippen molar-refractivity contribution in [2.45, 2.75) is 39.8 Å². The Morgan fingerprint density at radius 3 is 2.67 bits per heavy atom. The second kappa shape index (κ2) is 5.25. The maximum Gasteiger partial charge on any atom is 0.148 e. The van der Waals surface area contributed by atoms with Gasteiger partial charge in [0.25, 0.3) is 0 Å². The fourth-order valence-corrected chi connectivity index (χ4v) is 1.81. The summed E-state index contributed by atoms with van der Waals surface area (Å²) in [4.78, 5) is 0. The molecule has 18 heavy (non-hydrogen) atoms. The molecule has 1 N–H and O–H groups in total. The lowest BCUT2D eigenvalue weighted by Crippen LogP contribution is -2.07. The van der Waals surface area contributed by atoms with E-state index in [2.05, 4.69) is 42.4 Å². The van der Waals surface area contributed by atoms with Gasteiger partial charge in [-0.3, -0.25) is 9.36 Å². The zero-order chi connectivity index (χ0) is 13.1. The molecule has 0 saturated carbocycles. The van der Waals surface area contributed by atoms with Crippen LogP contribution in [0.3, 0.4) is 0 Å². The molecule has 0 fully saturated rings. The summed E-state index contributed by atoms with van der Waals surface area (Å²) in [6.07, 6.45) is 2.96. The lowest BCUT2D eigenvalue weighted by molar-refractivity contribution is 0.533. The normalized spacial score (nSPS) is 11.2. The Labute approximate surface area is 108 Å². The molecule has 0 aliphatic carbocycles. The van der Waals surface area contributed by atoms with Gasteiger partial charge in [0.2, 0.25) is 0 Å². The first-order chi connectivity index (χ1) is 8.60. The highest BCUT2D eigenvalue weighted by atomic mass is 15.3. The molecule has 0 amide bonds. The van der Waals surface area contributed by atoms with Crippen LogP contribution in [-0.4, -0.2) is 19.6 Å². The van der Waals surface area contributed by atoms with Gasteiger partial charge in [0.05, 0.1) is 17.9 Å². The van der Waals surface area contributed by atoms with E-state index in [1.165, 1.54) is 5.69 Å². The van der Waals surface area contributed by atoms with Gasteiger partial charge in [-0.25, -0.2) is 0 Å². The number of anilines is 1. The predicted molar refractivity (Wildman–Crippen MR) is 72.5 cm³/mol. The van der Waals surface area contributed by atoms with Gasteiger partial charge < -0.3 is 5.32 Å². The summed E-state index contributed by atoms with van der Waals surface area (Å²) in [7, 11) is 1.98. The molecule has 0 unspecified atom stereocenters. The van der Waals surface area contributed by atoms with E-state index >= 15 is 0 Å². The third-order valence-electron chi connectivity index (χ3n) is 2.98. The Morgan fingerprint density at radius 1 is 1.33 bits per heavy atom. The van der Waals surface area contributed by atoms with E-state index in [4.69, 9.17) is 0 Å². The van der Waals surface area contributed by atoms with Crippen LogP contribution in [0.2, 0.25) is 0 Å². The predicted octanol–water partition coefficient (Wildman–Crippen LogP) is 2.37. The standard InChI is InChI=1S/C13H21N5/c1-5-11-8-12(17(4)15-11)9-14-13-6-7-18(16-13)10(2)3/h6-8,10H,5,9H2,1-4H3,(H,14,16). The number of aromatic nitrogens is 4. The highest BCUT2D eigenvalue weighted by Gasteiger charge is 2.05. The summed E-state index contributed by atoms with van der Waals surface area (Å²) in [5.74, 6) is 0.906. The van der Waals surface area contributed by atoms with Gasteiger partial charge in [0.15, 0.2) is 0 Å². The fourth-order valence-electron chi connectivity index (χ4n) is 1.81. The molecular weight excluding hydrogens is 226 g/mol. The quantitative estimate of drug-likeness (QED) is 0.882. The summed E-state index contributed by atoms with van der Waals surface area (Å²) >= 11 is 0. The van der Waals surface area contributed by atoms with Crippen molar-refractivity contribution in [1.82, 2.24) is 19.6 Å². The Bertz CT molecular complexity index is 509. The monoisotopic (exact) mass is 247 g/mol. The third kappa shape index (κ3) is 2.72. The first-order valence-corrected chi connectivity index (χ1v) is 6.41. The van der Waals surface area contributed by atoms with Crippen LogP contribution in [0.1, 0.15) is 38.2 Å². The number of aryl methyl sites for hydroxylation is 2. The Kier molecular flexibility index (Phi) is 3.69. The highest BCUT2D eigenvalue weighted by Crippen LogP contribution is 2.10. The average molecular weight is 247 g/mol. The lowest BCUT2D eigenvalue weighted by Gasteiger charge is -2.05. The van der Waals surface area contributed by atoms with Gasteiger partial charge >= 0.3 is 0 Å². The summed E-state index contributed by atoms with van der Waals surface area (Å²) < 4.78 is 3.87. The van der Waals surface area contributed by atoms with Gasteiger partial charge in [-0.05, 0) is 26.3 Å². The number of nitrogens with zero attached hydrogens (tertiary/aromatic N) is 4. The van der Waals surface area contributed by atoms with E-state index in [0.29, 0.717) is 6.04 Å². The maximum atomic E-state index is 4.46. The first kappa shape index (κ1) is 12.7. The summed E-state index contributed by atoms with van der Waals surface area (Å²) in [6, 6.07) is 4.52. The molecular formula is C13H21N5. The Morgan fingerprint density at radius 2 is 2.11 bits per heavy atom. The van der Waals surface area contributed by atoms with E-state index in [1.54, 1.807) is 0 Å². The SMILES string of the molecule is CCc1cc(CNc2ccn(C(C)C)n2)n(C)n1. The number of nitrogens with one attached hydrogen (secondary N) is 1. The van der Waals surface area contributed by atoms with Gasteiger partial charge in [-0.2, -0.15) is 10.2 Å². The van der Waals surface area contributed by atoms with Gasteiger partial charge in [-0.1, -0.05) is 6.92 Å². The molecule has 0 spiro atoms. The molecule has 98 valence electrons. The molecule has 0 aliphatic heterocycles. The van der Waals surface area contributed by atoms with Gasteiger partial charge in [0, 0.05) is 25.4 Å². The van der Waals surface area contributed by atoms with Crippen molar-refractivity contribution in [3.05, 3.63) is 29.7 Å². The molecule has 0 atom stereocenters. The van der Waals surface area contributed by atoms with Crippen molar-refractivity contribution < 1.29 is 0 Å². The Balaban J connectivity index is 1.99. The molecule has 2 heterocycles. The van der Waals surface area contributed by atoms with Crippen LogP contribution in [0.15, 0.2) is 18.3 Å². The number of rotatable bonds is 5. The topological polar surface area (TPSA) is 47.7 Å². The van der Waals surface area contributed by atoms with Gasteiger partial charge in [-0.15, -0.1) is 0 Å². The van der Waals surface area contributed by atoms with Crippen LogP contribution >= 0.6 is 0 Å². The fraction of sp³-hybridized carbons (Fsp3) is 0.538. The zero-order valence-electron chi connectivity index (χ0n) is 11.5. The Hall–Kier alpha value is -1.78. The third-order valence-corrected chi connectivity index (χ3v) is 2.98. The van der Waals surface area contributed by atoms with Crippen molar-refractivity contribution in [3.8, 4) is 0 Å². The summed E-state index contributed by atoms with van der Waals surface area (Å²) in [5.41, 5.74) is 2.30. The van der Waals surface area contributed by atoms with Crippen LogP contribution in [0.5, 0.6) is 0 Å². The van der Waals surface area contributed by atoms with Crippen LogP contribution in [-0.2, 0) is 20.0 Å². The molecule has 2 aromatic heterocycles. The van der Waals surface area contributed by atoms with Crippen molar-refractivity contribution in [3.63, 3.8) is 0 Å². The van der Waals surface area contributed by atoms with Gasteiger partial charge in [0.1, 0.15) is 5.82 Å². The zero-order valence-corrected chi connectivity index (χ0v) is 11.5. The molecule has 5 heteroatoms. The second-order valence-corrected chi connectivity index (χ2v) is 4.73. The van der Waals surface area contributed by atoms with Crippen LogP contribution < -0.4 is 5.32 Å². The second-order valence-electron chi connectivity index (χ2n) is 4.73. The minimum Gasteiger partial charge on any atom is -0.363 e. The molecule has 5 nitrogen and oxygen atoms in total. The summed E-state index contributed by atoms with van der Waals surface area (Å²) in [5, 5.41) is 12.2. The van der Waals surface area contributed by atoms with Crippen molar-refractivity contribution >= 4 is 5.82 Å². The lowest BCUT2D eigenvalue weighted by atomic mass is 10.3. The first-order valence-electron chi connectivity index (χ1n) is 6.41. The van der Waals surface area contributed by atoms with Crippen molar-refractivity contribution in [2.75, 3.05) is 5.32 Å². The van der Waals surface area contributed by atoms with E-state index in [9.17, 15) is 0 Å². The van der Waals surface area contributed by atoms with Crippen molar-refractivity contribution in [1.29, 1.82) is 0 Å². The number of hydrogen-bond acceptors (Lipinski definition) is 3.